The number of benzene rings is 1. The first-order valence-electron chi connectivity index (χ1n) is 7.55. The minimum atomic E-state index is -0.500. The van der Waals surface area contributed by atoms with Gasteiger partial charge in [0.05, 0.1) is 30.5 Å². The second-order valence-electron chi connectivity index (χ2n) is 5.32. The van der Waals surface area contributed by atoms with Gasteiger partial charge in [-0.15, -0.1) is 11.3 Å². The predicted octanol–water partition coefficient (Wildman–Crippen LogP) is 3.68. The Balaban J connectivity index is 1.70. The van der Waals surface area contributed by atoms with Crippen LogP contribution in [0.15, 0.2) is 46.2 Å². The summed E-state index contributed by atoms with van der Waals surface area (Å²) < 4.78 is 10.3. The number of para-hydroxylation sites is 1. The third kappa shape index (κ3) is 3.95. The molecule has 0 fully saturated rings. The zero-order chi connectivity index (χ0) is 17.8. The molecule has 128 valence electrons. The van der Waals surface area contributed by atoms with E-state index in [2.05, 4.69) is 10.3 Å². The maximum atomic E-state index is 12.3. The van der Waals surface area contributed by atoms with E-state index in [0.29, 0.717) is 22.7 Å². The molecule has 25 heavy (non-hydrogen) atoms. The van der Waals surface area contributed by atoms with Gasteiger partial charge in [0.1, 0.15) is 5.76 Å². The van der Waals surface area contributed by atoms with Crippen molar-refractivity contribution in [2.24, 2.45) is 0 Å². The van der Waals surface area contributed by atoms with E-state index in [1.165, 1.54) is 18.4 Å². The Hall–Kier alpha value is -2.93. The topological polar surface area (TPSA) is 81.4 Å². The van der Waals surface area contributed by atoms with Crippen molar-refractivity contribution >= 4 is 28.9 Å². The number of furan rings is 1. The van der Waals surface area contributed by atoms with E-state index in [0.717, 1.165) is 10.8 Å². The SMILES string of the molecule is COC(=O)c1ccccc1NC(=O)Cc1csc(-c2ccc(C)o2)n1. The van der Waals surface area contributed by atoms with Gasteiger partial charge in [-0.2, -0.15) is 0 Å². The highest BCUT2D eigenvalue weighted by molar-refractivity contribution is 7.13. The second-order valence-corrected chi connectivity index (χ2v) is 6.17. The molecule has 0 unspecified atom stereocenters. The van der Waals surface area contributed by atoms with Gasteiger partial charge in [0.25, 0.3) is 0 Å². The number of aryl methyl sites for hydroxylation is 1. The van der Waals surface area contributed by atoms with Gasteiger partial charge in [-0.3, -0.25) is 4.79 Å². The summed E-state index contributed by atoms with van der Waals surface area (Å²) in [5, 5.41) is 5.27. The Morgan fingerprint density at radius 1 is 1.24 bits per heavy atom. The number of carbonyl (C=O) groups excluding carboxylic acids is 2. The Morgan fingerprint density at radius 3 is 2.76 bits per heavy atom. The van der Waals surface area contributed by atoms with Gasteiger partial charge < -0.3 is 14.5 Å². The Kier molecular flexibility index (Phi) is 4.95. The van der Waals surface area contributed by atoms with E-state index in [1.807, 2.05) is 24.4 Å². The smallest absolute Gasteiger partial charge is 0.339 e. The lowest BCUT2D eigenvalue weighted by molar-refractivity contribution is -0.115. The van der Waals surface area contributed by atoms with Crippen LogP contribution in [0, 0.1) is 6.92 Å². The Morgan fingerprint density at radius 2 is 2.04 bits per heavy atom. The Bertz CT molecular complexity index is 913. The highest BCUT2D eigenvalue weighted by Gasteiger charge is 2.15. The summed E-state index contributed by atoms with van der Waals surface area (Å²) >= 11 is 1.42. The third-order valence-corrected chi connectivity index (χ3v) is 4.36. The fourth-order valence-corrected chi connectivity index (χ4v) is 3.07. The largest absolute Gasteiger partial charge is 0.465 e. The third-order valence-electron chi connectivity index (χ3n) is 3.45. The molecule has 6 nitrogen and oxygen atoms in total. The van der Waals surface area contributed by atoms with Gasteiger partial charge in [-0.1, -0.05) is 12.1 Å². The number of ether oxygens (including phenoxy) is 1. The van der Waals surface area contributed by atoms with Crippen LogP contribution >= 0.6 is 11.3 Å². The van der Waals surface area contributed by atoms with Crippen molar-refractivity contribution in [2.75, 3.05) is 12.4 Å². The van der Waals surface area contributed by atoms with E-state index in [4.69, 9.17) is 9.15 Å². The summed E-state index contributed by atoms with van der Waals surface area (Å²) in [7, 11) is 1.30. The quantitative estimate of drug-likeness (QED) is 0.705. The fourth-order valence-electron chi connectivity index (χ4n) is 2.29. The van der Waals surface area contributed by atoms with Crippen molar-refractivity contribution in [1.29, 1.82) is 0 Å². The first-order chi connectivity index (χ1) is 12.1. The molecule has 0 aliphatic heterocycles. The number of thiazole rings is 1. The summed E-state index contributed by atoms with van der Waals surface area (Å²) in [6.07, 6.45) is 0.103. The molecule has 2 aromatic heterocycles. The molecule has 7 heteroatoms. The van der Waals surface area contributed by atoms with Crippen LogP contribution in [-0.2, 0) is 16.0 Å². The zero-order valence-electron chi connectivity index (χ0n) is 13.7. The highest BCUT2D eigenvalue weighted by Crippen LogP contribution is 2.26. The molecule has 3 aromatic rings. The number of hydrogen-bond donors (Lipinski definition) is 1. The first kappa shape index (κ1) is 16.9. The summed E-state index contributed by atoms with van der Waals surface area (Å²) in [4.78, 5) is 28.4. The molecule has 0 aliphatic carbocycles. The van der Waals surface area contributed by atoms with Crippen LogP contribution in [-0.4, -0.2) is 24.0 Å². The summed E-state index contributed by atoms with van der Waals surface area (Å²) in [6, 6.07) is 10.4. The number of carbonyl (C=O) groups is 2. The van der Waals surface area contributed by atoms with Crippen molar-refractivity contribution in [1.82, 2.24) is 4.98 Å². The van der Waals surface area contributed by atoms with Crippen LogP contribution in [0.3, 0.4) is 0 Å². The molecule has 0 saturated carbocycles. The fraction of sp³-hybridized carbons (Fsp3) is 0.167. The lowest BCUT2D eigenvalue weighted by atomic mass is 10.1. The van der Waals surface area contributed by atoms with Crippen LogP contribution in [0.1, 0.15) is 21.8 Å². The number of rotatable bonds is 5. The monoisotopic (exact) mass is 356 g/mol. The van der Waals surface area contributed by atoms with Gasteiger partial charge in [0.2, 0.25) is 5.91 Å². The van der Waals surface area contributed by atoms with Gasteiger partial charge in [0.15, 0.2) is 10.8 Å². The molecule has 1 amide bonds. The maximum Gasteiger partial charge on any atom is 0.339 e. The molecular formula is C18H16N2O4S. The molecule has 0 bridgehead atoms. The van der Waals surface area contributed by atoms with E-state index in [9.17, 15) is 9.59 Å². The van der Waals surface area contributed by atoms with E-state index in [-0.39, 0.29) is 12.3 Å². The standard InChI is InChI=1S/C18H16N2O4S/c1-11-7-8-15(24-11)17-19-12(10-25-17)9-16(21)20-14-6-4-3-5-13(14)18(22)23-2/h3-8,10H,9H2,1-2H3,(H,20,21). The summed E-state index contributed by atoms with van der Waals surface area (Å²) in [5.74, 6) is 0.734. The molecule has 3 rings (SSSR count). The zero-order valence-corrected chi connectivity index (χ0v) is 14.6. The lowest BCUT2D eigenvalue weighted by Crippen LogP contribution is -2.17. The minimum Gasteiger partial charge on any atom is -0.465 e. The second kappa shape index (κ2) is 7.31. The highest BCUT2D eigenvalue weighted by atomic mass is 32.1. The summed E-state index contributed by atoms with van der Waals surface area (Å²) in [6.45, 7) is 1.87. The van der Waals surface area contributed by atoms with Crippen LogP contribution in [0.25, 0.3) is 10.8 Å². The van der Waals surface area contributed by atoms with E-state index < -0.39 is 5.97 Å². The van der Waals surface area contributed by atoms with Crippen molar-refractivity contribution in [3.8, 4) is 10.8 Å². The molecular weight excluding hydrogens is 340 g/mol. The maximum absolute atomic E-state index is 12.3. The van der Waals surface area contributed by atoms with Gasteiger partial charge in [0, 0.05) is 5.38 Å². The average Bonchev–Trinajstić information content (AvgIpc) is 3.23. The van der Waals surface area contributed by atoms with Crippen LogP contribution in [0.2, 0.25) is 0 Å². The molecule has 0 atom stereocenters. The van der Waals surface area contributed by atoms with Gasteiger partial charge in [-0.05, 0) is 31.2 Å². The first-order valence-corrected chi connectivity index (χ1v) is 8.43. The van der Waals surface area contributed by atoms with E-state index in [1.54, 1.807) is 24.3 Å². The number of methoxy groups -OCH3 is 1. The molecule has 1 N–H and O–H groups in total. The minimum absolute atomic E-state index is 0.103. The summed E-state index contributed by atoms with van der Waals surface area (Å²) in [5.41, 5.74) is 1.36. The number of nitrogens with zero attached hydrogens (tertiary/aromatic N) is 1. The van der Waals surface area contributed by atoms with Gasteiger partial charge >= 0.3 is 5.97 Å². The van der Waals surface area contributed by atoms with Gasteiger partial charge in [-0.25, -0.2) is 9.78 Å². The molecule has 1 aromatic carbocycles. The number of amides is 1. The number of anilines is 1. The average molecular weight is 356 g/mol. The molecule has 2 heterocycles. The van der Waals surface area contributed by atoms with Crippen LogP contribution in [0.4, 0.5) is 5.69 Å². The molecule has 0 saturated heterocycles. The normalized spacial score (nSPS) is 10.5. The van der Waals surface area contributed by atoms with E-state index >= 15 is 0 Å². The van der Waals surface area contributed by atoms with Crippen LogP contribution < -0.4 is 5.32 Å². The van der Waals surface area contributed by atoms with Crippen molar-refractivity contribution < 1.29 is 18.7 Å². The predicted molar refractivity (Wildman–Crippen MR) is 94.7 cm³/mol. The molecule has 0 aliphatic rings. The van der Waals surface area contributed by atoms with Crippen molar-refractivity contribution in [2.45, 2.75) is 13.3 Å². The van der Waals surface area contributed by atoms with Crippen LogP contribution in [0.5, 0.6) is 0 Å². The number of esters is 1. The lowest BCUT2D eigenvalue weighted by Gasteiger charge is -2.08. The number of hydrogen-bond acceptors (Lipinski definition) is 6. The number of nitrogens with one attached hydrogen (secondary N) is 1. The Labute approximate surface area is 148 Å². The van der Waals surface area contributed by atoms with Crippen molar-refractivity contribution in [3.05, 3.63) is 58.8 Å². The molecule has 0 radical (unpaired) electrons. The number of aromatic nitrogens is 1. The molecule has 0 spiro atoms. The van der Waals surface area contributed by atoms with Crippen molar-refractivity contribution in [3.63, 3.8) is 0 Å².